The minimum absolute atomic E-state index is 0.0379. The third-order valence-corrected chi connectivity index (χ3v) is 5.21. The summed E-state index contributed by atoms with van der Waals surface area (Å²) in [6.07, 6.45) is 3.70. The molecule has 1 N–H and O–H groups in total. The van der Waals surface area contributed by atoms with Crippen LogP contribution in [0.1, 0.15) is 23.1 Å². The zero-order valence-corrected chi connectivity index (χ0v) is 15.1. The van der Waals surface area contributed by atoms with Gasteiger partial charge in [0.25, 0.3) is 0 Å². The van der Waals surface area contributed by atoms with E-state index < -0.39 is 30.6 Å². The molecule has 0 saturated carbocycles. The summed E-state index contributed by atoms with van der Waals surface area (Å²) in [5.41, 5.74) is 0.381. The molecule has 4 aromatic rings. The number of hydrogen-bond acceptors (Lipinski definition) is 4. The molecule has 5 heterocycles. The van der Waals surface area contributed by atoms with Crippen LogP contribution in [0.15, 0.2) is 30.7 Å². The van der Waals surface area contributed by atoms with Crippen molar-refractivity contribution in [2.75, 3.05) is 6.63 Å². The summed E-state index contributed by atoms with van der Waals surface area (Å²) in [5, 5.41) is 11.5. The molecule has 0 radical (unpaired) electrons. The van der Waals surface area contributed by atoms with E-state index in [1.165, 1.54) is 23.0 Å². The second-order valence-corrected chi connectivity index (χ2v) is 7.18. The van der Waals surface area contributed by atoms with Crippen molar-refractivity contribution in [1.29, 1.82) is 0 Å². The summed E-state index contributed by atoms with van der Waals surface area (Å²) in [4.78, 5) is 8.08. The largest absolute Gasteiger partial charge is 0.268 e. The number of nitrogens with zero attached hydrogens (tertiary/aromatic N) is 5. The minimum Gasteiger partial charge on any atom is -0.268 e. The first-order chi connectivity index (χ1) is 15.2. The van der Waals surface area contributed by atoms with E-state index in [1.807, 2.05) is 0 Å². The van der Waals surface area contributed by atoms with Gasteiger partial charge in [0.05, 0.1) is 33.7 Å². The van der Waals surface area contributed by atoms with E-state index in [0.717, 1.165) is 12.4 Å². The van der Waals surface area contributed by atoms with Crippen LogP contribution in [0, 0.1) is 17.0 Å². The Morgan fingerprint density at radius 1 is 1.24 bits per heavy atom. The van der Waals surface area contributed by atoms with Gasteiger partial charge in [-0.15, -0.1) is 0 Å². The smallest absolute Gasteiger partial charge is 0.155 e. The predicted molar refractivity (Wildman–Crippen MR) is 101 cm³/mol. The standard InChI is InChI=1S/C20H17F3N6/c1-20(9-21)5-4-15-17(16-12-7-26-27-19(12)25-8-13(16)23)18(28-29(15)10-20)14-3-2-11(22)6-24-14/h2-3,6-8H,4-5,9-10H2,1H3,(H,25,26,27)/t20-/m1/s1/i1D,9D2. The summed E-state index contributed by atoms with van der Waals surface area (Å²) in [6, 6.07) is 2.61. The number of nitrogens with one attached hydrogen (secondary N) is 1. The SMILES string of the molecule is [2H]C[C@]1(C([2H])([2H])F)CCc2c(-c3c(F)cnc4[nH]ncc34)c(-c3ccc(F)cn3)nn2C1. The molecule has 148 valence electrons. The number of halogens is 3. The van der Waals surface area contributed by atoms with Crippen molar-refractivity contribution in [3.63, 3.8) is 0 Å². The normalized spacial score (nSPS) is 20.9. The first-order valence-corrected chi connectivity index (χ1v) is 8.92. The fraction of sp³-hybridized carbons (Fsp3) is 0.300. The number of rotatable bonds is 3. The topological polar surface area (TPSA) is 72.3 Å². The fourth-order valence-electron chi connectivity index (χ4n) is 3.77. The molecule has 1 atom stereocenters. The zero-order chi connectivity index (χ0) is 22.7. The van der Waals surface area contributed by atoms with Crippen molar-refractivity contribution in [3.8, 4) is 22.5 Å². The van der Waals surface area contributed by atoms with Crippen molar-refractivity contribution < 1.29 is 17.3 Å². The summed E-state index contributed by atoms with van der Waals surface area (Å²) >= 11 is 0. The Labute approximate surface area is 168 Å². The van der Waals surface area contributed by atoms with Crippen LogP contribution >= 0.6 is 0 Å². The highest BCUT2D eigenvalue weighted by molar-refractivity contribution is 5.97. The van der Waals surface area contributed by atoms with Crippen molar-refractivity contribution in [2.45, 2.75) is 26.3 Å². The van der Waals surface area contributed by atoms with Gasteiger partial charge in [0.1, 0.15) is 17.3 Å². The zero-order valence-electron chi connectivity index (χ0n) is 18.1. The monoisotopic (exact) mass is 401 g/mol. The summed E-state index contributed by atoms with van der Waals surface area (Å²) in [6.45, 7) is -3.79. The first kappa shape index (κ1) is 14.7. The van der Waals surface area contributed by atoms with Crippen LogP contribution in [0.25, 0.3) is 33.5 Å². The van der Waals surface area contributed by atoms with Gasteiger partial charge in [-0.05, 0) is 25.0 Å². The van der Waals surface area contributed by atoms with E-state index in [2.05, 4.69) is 25.3 Å². The van der Waals surface area contributed by atoms with Gasteiger partial charge in [-0.25, -0.2) is 13.8 Å². The molecule has 9 heteroatoms. The van der Waals surface area contributed by atoms with Gasteiger partial charge < -0.3 is 0 Å². The van der Waals surface area contributed by atoms with E-state index in [0.29, 0.717) is 22.3 Å². The van der Waals surface area contributed by atoms with Crippen LogP contribution in [-0.4, -0.2) is 36.6 Å². The van der Waals surface area contributed by atoms with Gasteiger partial charge in [-0.2, -0.15) is 10.2 Å². The Morgan fingerprint density at radius 2 is 2.14 bits per heavy atom. The second-order valence-electron chi connectivity index (χ2n) is 7.18. The lowest BCUT2D eigenvalue weighted by atomic mass is 9.82. The van der Waals surface area contributed by atoms with Crippen LogP contribution in [-0.2, 0) is 13.0 Å². The molecular weight excluding hydrogens is 381 g/mol. The molecule has 0 unspecified atom stereocenters. The number of alkyl halides is 1. The van der Waals surface area contributed by atoms with Gasteiger partial charge in [-0.1, -0.05) is 6.90 Å². The molecule has 0 saturated heterocycles. The average Bonchev–Trinajstić information content (AvgIpc) is 3.37. The predicted octanol–water partition coefficient (Wildman–Crippen LogP) is 4.08. The molecule has 29 heavy (non-hydrogen) atoms. The van der Waals surface area contributed by atoms with Crippen LogP contribution in [0.5, 0.6) is 0 Å². The van der Waals surface area contributed by atoms with Crippen molar-refractivity contribution >= 4 is 11.0 Å². The Morgan fingerprint density at radius 3 is 2.90 bits per heavy atom. The minimum atomic E-state index is -3.10. The number of aromatic nitrogens is 6. The van der Waals surface area contributed by atoms with E-state index in [4.69, 9.17) is 4.11 Å². The lowest BCUT2D eigenvalue weighted by Gasteiger charge is -2.31. The molecule has 1 aliphatic heterocycles. The van der Waals surface area contributed by atoms with E-state index >= 15 is 4.39 Å². The number of H-pyrrole nitrogens is 1. The molecule has 0 aromatic carbocycles. The third-order valence-electron chi connectivity index (χ3n) is 5.21. The molecule has 5 rings (SSSR count). The van der Waals surface area contributed by atoms with E-state index in [9.17, 15) is 8.78 Å². The summed E-state index contributed by atoms with van der Waals surface area (Å²) < 4.78 is 67.6. The highest BCUT2D eigenvalue weighted by Crippen LogP contribution is 2.43. The van der Waals surface area contributed by atoms with Crippen LogP contribution < -0.4 is 0 Å². The summed E-state index contributed by atoms with van der Waals surface area (Å²) in [7, 11) is 0. The number of hydrogen-bond donors (Lipinski definition) is 1. The fourth-order valence-corrected chi connectivity index (χ4v) is 3.77. The maximum absolute atomic E-state index is 15.1. The molecule has 6 nitrogen and oxygen atoms in total. The lowest BCUT2D eigenvalue weighted by molar-refractivity contribution is 0.155. The quantitative estimate of drug-likeness (QED) is 0.561. The number of fused-ring (bicyclic) bond motifs is 2. The highest BCUT2D eigenvalue weighted by atomic mass is 19.1. The molecule has 1 aliphatic rings. The van der Waals surface area contributed by atoms with E-state index in [-0.39, 0.29) is 36.3 Å². The van der Waals surface area contributed by atoms with Crippen molar-refractivity contribution in [2.24, 2.45) is 5.41 Å². The van der Waals surface area contributed by atoms with Crippen molar-refractivity contribution in [1.82, 2.24) is 29.9 Å². The molecule has 4 aromatic heterocycles. The maximum atomic E-state index is 15.1. The third kappa shape index (κ3) is 2.80. The average molecular weight is 401 g/mol. The van der Waals surface area contributed by atoms with E-state index in [1.54, 1.807) is 0 Å². The molecular formula is C20H17F3N6. The molecule has 0 fully saturated rings. The maximum Gasteiger partial charge on any atom is 0.155 e. The highest BCUT2D eigenvalue weighted by Gasteiger charge is 2.35. The Hall–Kier alpha value is -3.23. The Bertz CT molecular complexity index is 1310. The van der Waals surface area contributed by atoms with Crippen LogP contribution in [0.2, 0.25) is 0 Å². The van der Waals surface area contributed by atoms with Gasteiger partial charge in [0, 0.05) is 35.5 Å². The molecule has 0 amide bonds. The molecule has 0 spiro atoms. The van der Waals surface area contributed by atoms with Gasteiger partial charge in [0.2, 0.25) is 0 Å². The number of pyridine rings is 2. The van der Waals surface area contributed by atoms with Crippen LogP contribution in [0.3, 0.4) is 0 Å². The van der Waals surface area contributed by atoms with Gasteiger partial charge in [0.15, 0.2) is 5.65 Å². The Kier molecular flexibility index (Phi) is 3.25. The van der Waals surface area contributed by atoms with Gasteiger partial charge >= 0.3 is 0 Å². The molecule has 0 aliphatic carbocycles. The molecule has 0 bridgehead atoms. The van der Waals surface area contributed by atoms with Crippen LogP contribution in [0.4, 0.5) is 13.2 Å². The number of aromatic amines is 1. The second kappa shape index (κ2) is 6.40. The van der Waals surface area contributed by atoms with Gasteiger partial charge in [-0.3, -0.25) is 19.2 Å². The van der Waals surface area contributed by atoms with Crippen molar-refractivity contribution in [3.05, 3.63) is 48.1 Å². The lowest BCUT2D eigenvalue weighted by Crippen LogP contribution is -2.32. The Balaban J connectivity index is 1.79. The summed E-state index contributed by atoms with van der Waals surface area (Å²) in [5.74, 6) is -1.18. The first-order valence-electron chi connectivity index (χ1n) is 10.6.